The minimum atomic E-state index is -3.66. The first-order valence-electron chi connectivity index (χ1n) is 9.59. The molecule has 1 atom stereocenters. The van der Waals surface area contributed by atoms with Gasteiger partial charge in [0.15, 0.2) is 0 Å². The van der Waals surface area contributed by atoms with Gasteiger partial charge in [0.25, 0.3) is 0 Å². The van der Waals surface area contributed by atoms with Gasteiger partial charge in [0, 0.05) is 19.0 Å². The highest BCUT2D eigenvalue weighted by molar-refractivity contribution is 7.89. The molecule has 1 N–H and O–H groups in total. The smallest absolute Gasteiger partial charge is 0.243 e. The summed E-state index contributed by atoms with van der Waals surface area (Å²) in [6.07, 6.45) is 2.85. The maximum Gasteiger partial charge on any atom is 0.243 e. The second kappa shape index (κ2) is 7.64. The van der Waals surface area contributed by atoms with Crippen molar-refractivity contribution < 1.29 is 17.6 Å². The number of nitrogens with one attached hydrogen (secondary N) is 1. The molecule has 2 aromatic carbocycles. The van der Waals surface area contributed by atoms with Crippen molar-refractivity contribution >= 4 is 15.9 Å². The highest BCUT2D eigenvalue weighted by atomic mass is 32.2. The summed E-state index contributed by atoms with van der Waals surface area (Å²) in [6.45, 7) is 0.581. The predicted octanol–water partition coefficient (Wildman–Crippen LogP) is 3.03. The molecule has 1 amide bonds. The molecule has 1 heterocycles. The molecule has 1 saturated heterocycles. The van der Waals surface area contributed by atoms with Gasteiger partial charge in [-0.15, -0.1) is 0 Å². The summed E-state index contributed by atoms with van der Waals surface area (Å²) in [6, 6.07) is 13.1. The van der Waals surface area contributed by atoms with Gasteiger partial charge in [0.1, 0.15) is 5.82 Å². The van der Waals surface area contributed by atoms with Crippen molar-refractivity contribution in [1.82, 2.24) is 9.62 Å². The van der Waals surface area contributed by atoms with Crippen LogP contribution in [-0.2, 0) is 21.2 Å². The molecule has 0 radical (unpaired) electrons. The molecule has 7 heteroatoms. The summed E-state index contributed by atoms with van der Waals surface area (Å²) in [5.74, 6) is -0.657. The van der Waals surface area contributed by atoms with Crippen molar-refractivity contribution in [3.63, 3.8) is 0 Å². The van der Waals surface area contributed by atoms with Crippen LogP contribution in [0.2, 0.25) is 0 Å². The van der Waals surface area contributed by atoms with E-state index in [1.807, 2.05) is 12.1 Å². The molecule has 0 bridgehead atoms. The molecule has 0 saturated carbocycles. The van der Waals surface area contributed by atoms with Crippen molar-refractivity contribution in [1.29, 1.82) is 0 Å². The van der Waals surface area contributed by atoms with Crippen LogP contribution < -0.4 is 5.32 Å². The Balaban J connectivity index is 1.36. The maximum absolute atomic E-state index is 13.1. The zero-order valence-electron chi connectivity index (χ0n) is 15.5. The maximum atomic E-state index is 13.1. The van der Waals surface area contributed by atoms with Gasteiger partial charge in [-0.2, -0.15) is 4.31 Å². The largest absolute Gasteiger partial charge is 0.349 e. The van der Waals surface area contributed by atoms with Gasteiger partial charge < -0.3 is 5.32 Å². The standard InChI is InChI=1S/C21H23FN2O3S/c22-17-6-8-18(9-7-17)28(26,27)24-13-11-16(12-14-24)21(25)23-20-10-5-15-3-1-2-4-19(15)20/h1-4,6-9,16,20H,5,10-14H2,(H,23,25). The molecule has 4 rings (SSSR count). The zero-order chi connectivity index (χ0) is 19.7. The number of carbonyl (C=O) groups is 1. The fourth-order valence-corrected chi connectivity index (χ4v) is 5.58. The Kier molecular flexibility index (Phi) is 5.21. The third-order valence-electron chi connectivity index (χ3n) is 5.73. The van der Waals surface area contributed by atoms with Crippen molar-refractivity contribution in [2.24, 2.45) is 5.92 Å². The Morgan fingerprint density at radius 1 is 1.00 bits per heavy atom. The summed E-state index contributed by atoms with van der Waals surface area (Å²) in [5, 5.41) is 3.15. The van der Waals surface area contributed by atoms with E-state index in [4.69, 9.17) is 0 Å². The quantitative estimate of drug-likeness (QED) is 0.855. The summed E-state index contributed by atoms with van der Waals surface area (Å²) >= 11 is 0. The molecule has 1 fully saturated rings. The lowest BCUT2D eigenvalue weighted by molar-refractivity contribution is -0.126. The van der Waals surface area contributed by atoms with Gasteiger partial charge in [-0.1, -0.05) is 24.3 Å². The van der Waals surface area contributed by atoms with Crippen molar-refractivity contribution in [2.75, 3.05) is 13.1 Å². The Bertz CT molecular complexity index is 967. The van der Waals surface area contributed by atoms with E-state index in [0.29, 0.717) is 25.9 Å². The average molecular weight is 402 g/mol. The number of hydrogen-bond donors (Lipinski definition) is 1. The molecule has 148 valence electrons. The topological polar surface area (TPSA) is 66.5 Å². The van der Waals surface area contributed by atoms with E-state index in [-0.39, 0.29) is 22.8 Å². The Hall–Kier alpha value is -2.25. The van der Waals surface area contributed by atoms with Gasteiger partial charge >= 0.3 is 0 Å². The summed E-state index contributed by atoms with van der Waals surface area (Å²) in [5.41, 5.74) is 2.47. The number of piperidine rings is 1. The van der Waals surface area contributed by atoms with Crippen LogP contribution in [-0.4, -0.2) is 31.7 Å². The first kappa shape index (κ1) is 19.1. The van der Waals surface area contributed by atoms with Gasteiger partial charge in [-0.05, 0) is 61.1 Å². The van der Waals surface area contributed by atoms with Crippen LogP contribution in [0, 0.1) is 11.7 Å². The number of halogens is 1. The lowest BCUT2D eigenvalue weighted by Crippen LogP contribution is -2.43. The number of fused-ring (bicyclic) bond motifs is 1. The van der Waals surface area contributed by atoms with Crippen LogP contribution in [0.4, 0.5) is 4.39 Å². The molecule has 2 aliphatic rings. The first-order valence-corrected chi connectivity index (χ1v) is 11.0. The Morgan fingerprint density at radius 3 is 2.39 bits per heavy atom. The van der Waals surface area contributed by atoms with E-state index in [9.17, 15) is 17.6 Å². The molecular formula is C21H23FN2O3S. The molecule has 1 unspecified atom stereocenters. The van der Waals surface area contributed by atoms with E-state index >= 15 is 0 Å². The minimum Gasteiger partial charge on any atom is -0.349 e. The lowest BCUT2D eigenvalue weighted by Gasteiger charge is -2.31. The molecule has 0 spiro atoms. The number of aryl methyl sites for hydroxylation is 1. The third-order valence-corrected chi connectivity index (χ3v) is 7.64. The van der Waals surface area contributed by atoms with Crippen LogP contribution in [0.3, 0.4) is 0 Å². The first-order chi connectivity index (χ1) is 13.4. The number of nitrogens with zero attached hydrogens (tertiary/aromatic N) is 1. The molecule has 1 aliphatic carbocycles. The van der Waals surface area contributed by atoms with Crippen molar-refractivity contribution in [3.05, 3.63) is 65.5 Å². The molecule has 5 nitrogen and oxygen atoms in total. The predicted molar refractivity (Wildman–Crippen MR) is 104 cm³/mol. The highest BCUT2D eigenvalue weighted by Gasteiger charge is 2.33. The van der Waals surface area contributed by atoms with E-state index in [0.717, 1.165) is 25.0 Å². The molecule has 2 aromatic rings. The van der Waals surface area contributed by atoms with Crippen molar-refractivity contribution in [3.8, 4) is 0 Å². The molecular weight excluding hydrogens is 379 g/mol. The van der Waals surface area contributed by atoms with E-state index in [1.165, 1.54) is 27.6 Å². The number of rotatable bonds is 4. The third kappa shape index (κ3) is 3.69. The number of carbonyl (C=O) groups excluding carboxylic acids is 1. The number of benzene rings is 2. The van der Waals surface area contributed by atoms with E-state index < -0.39 is 15.8 Å². The molecule has 1 aliphatic heterocycles. The van der Waals surface area contributed by atoms with Gasteiger partial charge in [0.2, 0.25) is 15.9 Å². The van der Waals surface area contributed by atoms with Gasteiger partial charge in [-0.25, -0.2) is 12.8 Å². The van der Waals surface area contributed by atoms with Gasteiger partial charge in [-0.3, -0.25) is 4.79 Å². The van der Waals surface area contributed by atoms with Crippen molar-refractivity contribution in [2.45, 2.75) is 36.6 Å². The number of amides is 1. The SMILES string of the molecule is O=C(NC1CCc2ccccc21)C1CCN(S(=O)(=O)c2ccc(F)cc2)CC1. The monoisotopic (exact) mass is 402 g/mol. The van der Waals surface area contributed by atoms with Crippen LogP contribution in [0.1, 0.15) is 36.4 Å². The second-order valence-electron chi connectivity index (χ2n) is 7.43. The van der Waals surface area contributed by atoms with Crippen LogP contribution in [0.25, 0.3) is 0 Å². The second-order valence-corrected chi connectivity index (χ2v) is 9.37. The van der Waals surface area contributed by atoms with Gasteiger partial charge in [0.05, 0.1) is 10.9 Å². The number of hydrogen-bond acceptors (Lipinski definition) is 3. The zero-order valence-corrected chi connectivity index (χ0v) is 16.3. The van der Waals surface area contributed by atoms with Crippen LogP contribution >= 0.6 is 0 Å². The van der Waals surface area contributed by atoms with E-state index in [1.54, 1.807) is 0 Å². The van der Waals surface area contributed by atoms with E-state index in [2.05, 4.69) is 17.4 Å². The Morgan fingerprint density at radius 2 is 1.68 bits per heavy atom. The normalized spacial score (nSPS) is 20.7. The molecule has 28 heavy (non-hydrogen) atoms. The number of sulfonamides is 1. The Labute approximate surface area is 164 Å². The fraction of sp³-hybridized carbons (Fsp3) is 0.381. The lowest BCUT2D eigenvalue weighted by atomic mass is 9.96. The highest BCUT2D eigenvalue weighted by Crippen LogP contribution is 2.32. The van der Waals surface area contributed by atoms with Crippen LogP contribution in [0.5, 0.6) is 0 Å². The summed E-state index contributed by atoms with van der Waals surface area (Å²) < 4.78 is 39.8. The molecule has 0 aromatic heterocycles. The minimum absolute atomic E-state index is 0.000494. The summed E-state index contributed by atoms with van der Waals surface area (Å²) in [7, 11) is -3.66. The van der Waals surface area contributed by atoms with Crippen LogP contribution in [0.15, 0.2) is 53.4 Å². The fourth-order valence-electron chi connectivity index (χ4n) is 4.11. The summed E-state index contributed by atoms with van der Waals surface area (Å²) in [4.78, 5) is 12.8. The average Bonchev–Trinajstić information content (AvgIpc) is 3.11.